The van der Waals surface area contributed by atoms with Gasteiger partial charge in [-0.05, 0) is 60.7 Å². The van der Waals surface area contributed by atoms with Crippen LogP contribution in [0.4, 0.5) is 5.95 Å². The molecule has 1 heterocycles. The minimum atomic E-state index is -0.297. The van der Waals surface area contributed by atoms with Gasteiger partial charge in [0, 0.05) is 24.0 Å². The molecule has 4 aromatic rings. The molecule has 2 amide bonds. The molecule has 39 heavy (non-hydrogen) atoms. The molecular formula is C31H32N4O4. The number of hydrogen-bond acceptors (Lipinski definition) is 5. The quantitative estimate of drug-likeness (QED) is 0.299. The highest BCUT2D eigenvalue weighted by molar-refractivity contribution is 5.94. The number of imidazole rings is 1. The van der Waals surface area contributed by atoms with E-state index in [1.54, 1.807) is 19.1 Å². The molecule has 5 rings (SSSR count). The second-order valence-electron chi connectivity index (χ2n) is 9.68. The van der Waals surface area contributed by atoms with Crippen molar-refractivity contribution in [1.82, 2.24) is 14.5 Å². The van der Waals surface area contributed by atoms with Crippen LogP contribution in [0.15, 0.2) is 85.1 Å². The topological polar surface area (TPSA) is 85.7 Å². The van der Waals surface area contributed by atoms with Crippen molar-refractivity contribution < 1.29 is 19.1 Å². The maximum Gasteiger partial charge on any atom is 0.246 e. The molecule has 1 aliphatic carbocycles. The van der Waals surface area contributed by atoms with E-state index in [1.165, 1.54) is 0 Å². The number of aromatic nitrogens is 2. The third kappa shape index (κ3) is 6.65. The lowest BCUT2D eigenvalue weighted by Crippen LogP contribution is -2.40. The van der Waals surface area contributed by atoms with Crippen molar-refractivity contribution in [1.29, 1.82) is 0 Å². The van der Waals surface area contributed by atoms with Crippen molar-refractivity contribution in [3.8, 4) is 28.4 Å². The Morgan fingerprint density at radius 3 is 2.38 bits per heavy atom. The van der Waals surface area contributed by atoms with E-state index in [9.17, 15) is 9.59 Å². The summed E-state index contributed by atoms with van der Waals surface area (Å²) < 4.78 is 12.5. The number of anilines is 1. The summed E-state index contributed by atoms with van der Waals surface area (Å²) in [7, 11) is 3.23. The summed E-state index contributed by atoms with van der Waals surface area (Å²) in [5.41, 5.74) is 3.27. The number of nitrogens with zero attached hydrogens (tertiary/aromatic N) is 3. The summed E-state index contributed by atoms with van der Waals surface area (Å²) in [5.74, 6) is 1.91. The Morgan fingerprint density at radius 1 is 0.949 bits per heavy atom. The van der Waals surface area contributed by atoms with Crippen molar-refractivity contribution in [3.05, 3.63) is 90.6 Å². The zero-order valence-electron chi connectivity index (χ0n) is 22.2. The standard InChI is InChI=1S/C31H32N4O4/c1-38-26-15-13-25(14-16-26)35-20-28(24-9-6-10-27(18-24)39-2)32-31(35)33-29(36)21-34(19-23-11-12-23)30(37)17-22-7-4-3-5-8-22/h3-10,13-16,18,20,23H,11-12,17,19,21H2,1-2H3,(H,32,33,36). The monoisotopic (exact) mass is 524 g/mol. The highest BCUT2D eigenvalue weighted by Crippen LogP contribution is 2.30. The number of carbonyl (C=O) groups excluding carboxylic acids is 2. The van der Waals surface area contributed by atoms with E-state index >= 15 is 0 Å². The van der Waals surface area contributed by atoms with Gasteiger partial charge in [-0.3, -0.25) is 19.5 Å². The minimum Gasteiger partial charge on any atom is -0.497 e. The van der Waals surface area contributed by atoms with Crippen molar-refractivity contribution in [2.45, 2.75) is 19.3 Å². The van der Waals surface area contributed by atoms with E-state index in [4.69, 9.17) is 14.5 Å². The van der Waals surface area contributed by atoms with Crippen LogP contribution in [0.25, 0.3) is 16.9 Å². The number of benzene rings is 3. The number of nitrogens with one attached hydrogen (secondary N) is 1. The molecule has 0 saturated heterocycles. The Balaban J connectivity index is 1.39. The summed E-state index contributed by atoms with van der Waals surface area (Å²) in [4.78, 5) is 32.9. The third-order valence-electron chi connectivity index (χ3n) is 6.73. The van der Waals surface area contributed by atoms with Gasteiger partial charge < -0.3 is 14.4 Å². The molecule has 1 aromatic heterocycles. The van der Waals surface area contributed by atoms with Crippen LogP contribution in [0.2, 0.25) is 0 Å². The molecule has 1 saturated carbocycles. The van der Waals surface area contributed by atoms with E-state index < -0.39 is 0 Å². The van der Waals surface area contributed by atoms with Gasteiger partial charge in [0.1, 0.15) is 11.5 Å². The van der Waals surface area contributed by atoms with Crippen LogP contribution in [-0.2, 0) is 16.0 Å². The zero-order chi connectivity index (χ0) is 27.2. The highest BCUT2D eigenvalue weighted by Gasteiger charge is 2.28. The number of rotatable bonds is 11. The fourth-order valence-corrected chi connectivity index (χ4v) is 4.42. The van der Waals surface area contributed by atoms with Crippen LogP contribution < -0.4 is 14.8 Å². The molecule has 0 unspecified atom stereocenters. The highest BCUT2D eigenvalue weighted by atomic mass is 16.5. The number of ether oxygens (including phenoxy) is 2. The fourth-order valence-electron chi connectivity index (χ4n) is 4.42. The van der Waals surface area contributed by atoms with Crippen molar-refractivity contribution in [2.24, 2.45) is 5.92 Å². The first kappa shape index (κ1) is 26.0. The number of amides is 2. The van der Waals surface area contributed by atoms with Gasteiger partial charge in [0.25, 0.3) is 0 Å². The second-order valence-corrected chi connectivity index (χ2v) is 9.68. The Labute approximate surface area is 228 Å². The lowest BCUT2D eigenvalue weighted by Gasteiger charge is -2.22. The SMILES string of the molecule is COc1ccc(-n2cc(-c3cccc(OC)c3)nc2NC(=O)CN(CC2CC2)C(=O)Cc2ccccc2)cc1. The maximum absolute atomic E-state index is 13.3. The zero-order valence-corrected chi connectivity index (χ0v) is 22.2. The molecule has 0 radical (unpaired) electrons. The average Bonchev–Trinajstić information content (AvgIpc) is 3.70. The van der Waals surface area contributed by atoms with Gasteiger partial charge in [0.15, 0.2) is 0 Å². The molecule has 0 aliphatic heterocycles. The summed E-state index contributed by atoms with van der Waals surface area (Å²) >= 11 is 0. The molecule has 1 aliphatic rings. The van der Waals surface area contributed by atoms with E-state index in [1.807, 2.05) is 89.6 Å². The van der Waals surface area contributed by atoms with E-state index in [-0.39, 0.29) is 24.8 Å². The van der Waals surface area contributed by atoms with Crippen LogP contribution in [0, 0.1) is 5.92 Å². The first-order valence-electron chi connectivity index (χ1n) is 13.0. The molecule has 0 atom stereocenters. The summed E-state index contributed by atoms with van der Waals surface area (Å²) in [6.07, 6.45) is 4.31. The number of methoxy groups -OCH3 is 2. The number of carbonyl (C=O) groups is 2. The normalized spacial score (nSPS) is 12.6. The first-order chi connectivity index (χ1) is 19.0. The largest absolute Gasteiger partial charge is 0.497 e. The summed E-state index contributed by atoms with van der Waals surface area (Å²) in [5, 5.41) is 2.96. The van der Waals surface area contributed by atoms with Gasteiger partial charge in [-0.2, -0.15) is 0 Å². The minimum absolute atomic E-state index is 0.0356. The van der Waals surface area contributed by atoms with Crippen LogP contribution in [0.3, 0.4) is 0 Å². The molecule has 3 aromatic carbocycles. The maximum atomic E-state index is 13.3. The lowest BCUT2D eigenvalue weighted by molar-refractivity contribution is -0.134. The van der Waals surface area contributed by atoms with Crippen LogP contribution in [-0.4, -0.2) is 53.6 Å². The molecular weight excluding hydrogens is 492 g/mol. The van der Waals surface area contributed by atoms with Crippen molar-refractivity contribution >= 4 is 17.8 Å². The summed E-state index contributed by atoms with van der Waals surface area (Å²) in [6.45, 7) is 0.549. The van der Waals surface area contributed by atoms with E-state index in [0.29, 0.717) is 29.9 Å². The van der Waals surface area contributed by atoms with Gasteiger partial charge in [-0.1, -0.05) is 42.5 Å². The smallest absolute Gasteiger partial charge is 0.246 e. The molecule has 1 fully saturated rings. The molecule has 8 heteroatoms. The van der Waals surface area contributed by atoms with Gasteiger partial charge in [0.05, 0.1) is 32.9 Å². The van der Waals surface area contributed by atoms with Gasteiger partial charge >= 0.3 is 0 Å². The Bertz CT molecular complexity index is 1430. The molecule has 0 bridgehead atoms. The predicted molar refractivity (Wildman–Crippen MR) is 150 cm³/mol. The predicted octanol–water partition coefficient (Wildman–Crippen LogP) is 4.98. The van der Waals surface area contributed by atoms with E-state index in [2.05, 4.69) is 5.32 Å². The van der Waals surface area contributed by atoms with Crippen LogP contribution in [0.5, 0.6) is 11.5 Å². The van der Waals surface area contributed by atoms with Crippen LogP contribution >= 0.6 is 0 Å². The number of hydrogen-bond donors (Lipinski definition) is 1. The Kier molecular flexibility index (Phi) is 7.91. The van der Waals surface area contributed by atoms with Gasteiger partial charge in [-0.15, -0.1) is 0 Å². The first-order valence-corrected chi connectivity index (χ1v) is 13.0. The van der Waals surface area contributed by atoms with E-state index in [0.717, 1.165) is 35.4 Å². The molecule has 1 N–H and O–H groups in total. The van der Waals surface area contributed by atoms with Crippen LogP contribution in [0.1, 0.15) is 18.4 Å². The Morgan fingerprint density at radius 2 is 1.69 bits per heavy atom. The average molecular weight is 525 g/mol. The molecule has 200 valence electrons. The summed E-state index contributed by atoms with van der Waals surface area (Å²) in [6, 6.07) is 24.7. The second kappa shape index (κ2) is 11.9. The van der Waals surface area contributed by atoms with Crippen molar-refractivity contribution in [3.63, 3.8) is 0 Å². The Hall–Kier alpha value is -4.59. The van der Waals surface area contributed by atoms with Gasteiger partial charge in [0.2, 0.25) is 17.8 Å². The van der Waals surface area contributed by atoms with Gasteiger partial charge in [-0.25, -0.2) is 4.98 Å². The third-order valence-corrected chi connectivity index (χ3v) is 6.73. The fraction of sp³-hybridized carbons (Fsp3) is 0.258. The lowest BCUT2D eigenvalue weighted by atomic mass is 10.1. The van der Waals surface area contributed by atoms with Crippen molar-refractivity contribution in [2.75, 3.05) is 32.6 Å². The molecule has 8 nitrogen and oxygen atoms in total. The molecule has 0 spiro atoms.